The zero-order valence-corrected chi connectivity index (χ0v) is 9.56. The van der Waals surface area contributed by atoms with Crippen LogP contribution in [0.25, 0.3) is 0 Å². The Kier molecular flexibility index (Phi) is 6.58. The minimum atomic E-state index is -0.761. The Labute approximate surface area is 93.8 Å². The van der Waals surface area contributed by atoms with Crippen LogP contribution in [0.3, 0.4) is 0 Å². The van der Waals surface area contributed by atoms with Gasteiger partial charge >= 0.3 is 11.9 Å². The van der Waals surface area contributed by atoms with Crippen molar-refractivity contribution in [3.8, 4) is 0 Å². The van der Waals surface area contributed by atoms with Gasteiger partial charge in [-0.05, 0) is 6.92 Å². The Morgan fingerprint density at radius 2 is 1.56 bits per heavy atom. The minimum absolute atomic E-state index is 0.233. The number of ether oxygens (including phenoxy) is 2. The summed E-state index contributed by atoms with van der Waals surface area (Å²) in [6.45, 7) is 1.54. The van der Waals surface area contributed by atoms with Gasteiger partial charge < -0.3 is 14.4 Å². The summed E-state index contributed by atoms with van der Waals surface area (Å²) in [5, 5.41) is 0. The van der Waals surface area contributed by atoms with E-state index in [1.807, 2.05) is 0 Å². The van der Waals surface area contributed by atoms with Gasteiger partial charge in [-0.15, -0.1) is 0 Å². The molecular weight excluding hydrogens is 214 g/mol. The Balaban J connectivity index is 3.91. The summed E-state index contributed by atoms with van der Waals surface area (Å²) in [7, 11) is 3.09. The number of amides is 1. The van der Waals surface area contributed by atoms with Gasteiger partial charge in [-0.1, -0.05) is 0 Å². The predicted molar refractivity (Wildman–Crippen MR) is 55.4 cm³/mol. The molecule has 6 heteroatoms. The van der Waals surface area contributed by atoms with Crippen LogP contribution in [0.2, 0.25) is 0 Å². The van der Waals surface area contributed by atoms with Crippen molar-refractivity contribution < 1.29 is 23.9 Å². The molecule has 0 aliphatic rings. The van der Waals surface area contributed by atoms with Gasteiger partial charge in [0.05, 0.1) is 6.61 Å². The van der Waals surface area contributed by atoms with Crippen molar-refractivity contribution >= 4 is 17.8 Å². The first-order valence-corrected chi connectivity index (χ1v) is 4.69. The molecule has 16 heavy (non-hydrogen) atoms. The largest absolute Gasteiger partial charge is 0.463 e. The van der Waals surface area contributed by atoms with E-state index < -0.39 is 11.9 Å². The third-order valence-corrected chi connectivity index (χ3v) is 1.48. The molecule has 0 radical (unpaired) electrons. The maximum atomic E-state index is 11.0. The molecule has 0 unspecified atom stereocenters. The maximum absolute atomic E-state index is 11.0. The van der Waals surface area contributed by atoms with Crippen molar-refractivity contribution in [2.24, 2.45) is 0 Å². The van der Waals surface area contributed by atoms with Crippen LogP contribution in [-0.4, -0.2) is 50.1 Å². The van der Waals surface area contributed by atoms with E-state index in [9.17, 15) is 14.4 Å². The van der Waals surface area contributed by atoms with Crippen LogP contribution in [-0.2, 0) is 23.9 Å². The molecule has 0 heterocycles. The van der Waals surface area contributed by atoms with Crippen LogP contribution in [0, 0.1) is 0 Å². The summed E-state index contributed by atoms with van der Waals surface area (Å²) in [4.78, 5) is 34.1. The molecule has 1 amide bonds. The van der Waals surface area contributed by atoms with E-state index in [2.05, 4.69) is 9.47 Å². The van der Waals surface area contributed by atoms with Crippen molar-refractivity contribution in [2.45, 2.75) is 6.92 Å². The van der Waals surface area contributed by atoms with Crippen LogP contribution in [0.15, 0.2) is 12.2 Å². The average molecular weight is 229 g/mol. The Bertz CT molecular complexity index is 296. The summed E-state index contributed by atoms with van der Waals surface area (Å²) >= 11 is 0. The number of carbonyl (C=O) groups is 3. The number of nitrogens with zero attached hydrogens (tertiary/aromatic N) is 1. The fraction of sp³-hybridized carbons (Fsp3) is 0.500. The van der Waals surface area contributed by atoms with Crippen LogP contribution < -0.4 is 0 Å². The van der Waals surface area contributed by atoms with Gasteiger partial charge in [0.2, 0.25) is 0 Å². The second-order valence-corrected chi connectivity index (χ2v) is 2.98. The van der Waals surface area contributed by atoms with Crippen LogP contribution >= 0.6 is 0 Å². The standard InChI is InChI=1S/C10H15NO5/c1-4-15-9(13)5-6-10(14)16-7-8(12)11(2)3/h5-6H,4,7H2,1-3H3/b6-5+. The first-order valence-electron chi connectivity index (χ1n) is 4.69. The topological polar surface area (TPSA) is 72.9 Å². The molecule has 90 valence electrons. The lowest BCUT2D eigenvalue weighted by Gasteiger charge is -2.09. The lowest BCUT2D eigenvalue weighted by atomic mass is 10.5. The summed E-state index contributed by atoms with van der Waals surface area (Å²) in [6.07, 6.45) is 1.87. The molecule has 0 aromatic rings. The molecule has 0 saturated heterocycles. The molecule has 0 atom stereocenters. The summed E-state index contributed by atoms with van der Waals surface area (Å²) in [6, 6.07) is 0. The summed E-state index contributed by atoms with van der Waals surface area (Å²) in [5.74, 6) is -1.72. The predicted octanol–water partition coefficient (Wildman–Crippen LogP) is -0.263. The molecule has 0 aromatic heterocycles. The third kappa shape index (κ3) is 6.58. The van der Waals surface area contributed by atoms with E-state index in [4.69, 9.17) is 0 Å². The van der Waals surface area contributed by atoms with Crippen LogP contribution in [0.5, 0.6) is 0 Å². The van der Waals surface area contributed by atoms with Gasteiger partial charge in [0.25, 0.3) is 5.91 Å². The van der Waals surface area contributed by atoms with Gasteiger partial charge in [0.1, 0.15) is 0 Å². The molecule has 0 rings (SSSR count). The highest BCUT2D eigenvalue weighted by molar-refractivity contribution is 5.92. The molecule has 0 aliphatic carbocycles. The van der Waals surface area contributed by atoms with Crippen molar-refractivity contribution in [1.82, 2.24) is 4.90 Å². The number of likely N-dealkylation sites (N-methyl/N-ethyl adjacent to an activating group) is 1. The number of carbonyl (C=O) groups excluding carboxylic acids is 3. The van der Waals surface area contributed by atoms with Gasteiger partial charge in [0, 0.05) is 26.2 Å². The fourth-order valence-corrected chi connectivity index (χ4v) is 0.637. The molecule has 0 aromatic carbocycles. The molecule has 0 spiro atoms. The van der Waals surface area contributed by atoms with E-state index in [0.717, 1.165) is 12.2 Å². The van der Waals surface area contributed by atoms with E-state index in [-0.39, 0.29) is 19.1 Å². The van der Waals surface area contributed by atoms with Crippen LogP contribution in [0.1, 0.15) is 6.92 Å². The SMILES string of the molecule is CCOC(=O)/C=C/C(=O)OCC(=O)N(C)C. The highest BCUT2D eigenvalue weighted by Gasteiger charge is 2.06. The molecular formula is C10H15NO5. The zero-order chi connectivity index (χ0) is 12.6. The van der Waals surface area contributed by atoms with Crippen molar-refractivity contribution in [1.29, 1.82) is 0 Å². The highest BCUT2D eigenvalue weighted by atomic mass is 16.5. The second-order valence-electron chi connectivity index (χ2n) is 2.98. The molecule has 0 saturated carbocycles. The van der Waals surface area contributed by atoms with Gasteiger partial charge in [-0.25, -0.2) is 9.59 Å². The highest BCUT2D eigenvalue weighted by Crippen LogP contribution is 1.87. The Morgan fingerprint density at radius 1 is 1.06 bits per heavy atom. The molecule has 6 nitrogen and oxygen atoms in total. The normalized spacial score (nSPS) is 9.94. The van der Waals surface area contributed by atoms with E-state index >= 15 is 0 Å². The lowest BCUT2D eigenvalue weighted by molar-refractivity contribution is -0.147. The van der Waals surface area contributed by atoms with Gasteiger partial charge in [-0.2, -0.15) is 0 Å². The molecule has 0 aliphatic heterocycles. The average Bonchev–Trinajstić information content (AvgIpc) is 2.23. The maximum Gasteiger partial charge on any atom is 0.331 e. The Morgan fingerprint density at radius 3 is 2.00 bits per heavy atom. The van der Waals surface area contributed by atoms with Crippen molar-refractivity contribution in [3.63, 3.8) is 0 Å². The van der Waals surface area contributed by atoms with Crippen molar-refractivity contribution in [3.05, 3.63) is 12.2 Å². The van der Waals surface area contributed by atoms with E-state index in [1.54, 1.807) is 21.0 Å². The monoisotopic (exact) mass is 229 g/mol. The summed E-state index contributed by atoms with van der Waals surface area (Å²) in [5.41, 5.74) is 0. The summed E-state index contributed by atoms with van der Waals surface area (Å²) < 4.78 is 9.12. The second kappa shape index (κ2) is 7.44. The smallest absolute Gasteiger partial charge is 0.331 e. The minimum Gasteiger partial charge on any atom is -0.463 e. The van der Waals surface area contributed by atoms with E-state index in [1.165, 1.54) is 4.90 Å². The fourth-order valence-electron chi connectivity index (χ4n) is 0.637. The third-order valence-electron chi connectivity index (χ3n) is 1.48. The molecule has 0 N–H and O–H groups in total. The number of hydrogen-bond acceptors (Lipinski definition) is 5. The Hall–Kier alpha value is -1.85. The number of hydrogen-bond donors (Lipinski definition) is 0. The molecule has 0 fully saturated rings. The molecule has 0 bridgehead atoms. The lowest BCUT2D eigenvalue weighted by Crippen LogP contribution is -2.27. The zero-order valence-electron chi connectivity index (χ0n) is 9.56. The number of esters is 2. The first-order chi connectivity index (χ1) is 7.47. The van der Waals surface area contributed by atoms with Crippen molar-refractivity contribution in [2.75, 3.05) is 27.3 Å². The van der Waals surface area contributed by atoms with Gasteiger partial charge in [-0.3, -0.25) is 4.79 Å². The van der Waals surface area contributed by atoms with E-state index in [0.29, 0.717) is 0 Å². The first kappa shape index (κ1) is 14.2. The number of rotatable bonds is 5. The quantitative estimate of drug-likeness (QED) is 0.479. The van der Waals surface area contributed by atoms with Crippen LogP contribution in [0.4, 0.5) is 0 Å². The van der Waals surface area contributed by atoms with Gasteiger partial charge in [0.15, 0.2) is 6.61 Å².